The summed E-state index contributed by atoms with van der Waals surface area (Å²) in [5.41, 5.74) is 1.68. The molecule has 1 aliphatic heterocycles. The zero-order valence-corrected chi connectivity index (χ0v) is 22.9. The van der Waals surface area contributed by atoms with Crippen LogP contribution in [-0.2, 0) is 26.2 Å². The Morgan fingerprint density at radius 1 is 1.22 bits per heavy atom. The smallest absolute Gasteiger partial charge is 0.308 e. The SMILES string of the molecule is C=CCN1CC[C@@]2(c3cccc(OC(C)=O)c3)C[C@@H](NC(=O)Cc3ccc(Cl)c(Cl)c3)CC(OC)[C@@H]2C1. The Kier molecular flexibility index (Phi) is 8.96. The highest BCUT2D eigenvalue weighted by Gasteiger charge is 2.52. The van der Waals surface area contributed by atoms with E-state index in [0.29, 0.717) is 15.8 Å². The Bertz CT molecular complexity index is 1160. The van der Waals surface area contributed by atoms with E-state index in [1.807, 2.05) is 24.3 Å². The fourth-order valence-electron chi connectivity index (χ4n) is 6.13. The lowest BCUT2D eigenvalue weighted by molar-refractivity contribution is -0.132. The summed E-state index contributed by atoms with van der Waals surface area (Å²) in [5, 5.41) is 4.17. The van der Waals surface area contributed by atoms with Crippen LogP contribution >= 0.6 is 23.2 Å². The standard InChI is InChI=1S/C29H34Cl2N2O4/c1-4-11-33-12-10-29(21-6-5-7-23(15-21)37-19(2)34)17-22(16-27(36-3)24(29)18-33)32-28(35)14-20-8-9-25(30)26(31)13-20/h4-9,13,15,22,24,27H,1,10-12,14,16-18H2,2-3H3,(H,32,35)/t22-,24-,27?,29-/m0/s1. The van der Waals surface area contributed by atoms with E-state index >= 15 is 0 Å². The molecule has 0 bridgehead atoms. The van der Waals surface area contributed by atoms with Gasteiger partial charge in [-0.25, -0.2) is 0 Å². The zero-order chi connectivity index (χ0) is 26.6. The van der Waals surface area contributed by atoms with E-state index in [4.69, 9.17) is 32.7 Å². The van der Waals surface area contributed by atoms with E-state index in [9.17, 15) is 9.59 Å². The number of nitrogens with one attached hydrogen (secondary N) is 1. The van der Waals surface area contributed by atoms with Crippen molar-refractivity contribution in [3.8, 4) is 5.75 Å². The second kappa shape index (κ2) is 12.0. The number of fused-ring (bicyclic) bond motifs is 1. The van der Waals surface area contributed by atoms with Gasteiger partial charge in [0.2, 0.25) is 5.91 Å². The summed E-state index contributed by atoms with van der Waals surface area (Å²) >= 11 is 12.2. The predicted molar refractivity (Wildman–Crippen MR) is 146 cm³/mol. The summed E-state index contributed by atoms with van der Waals surface area (Å²) in [6.45, 7) is 7.91. The molecular formula is C29H34Cl2N2O4. The minimum Gasteiger partial charge on any atom is -0.427 e. The van der Waals surface area contributed by atoms with Crippen molar-refractivity contribution in [1.82, 2.24) is 10.2 Å². The van der Waals surface area contributed by atoms with Gasteiger partial charge < -0.3 is 14.8 Å². The number of amides is 1. The van der Waals surface area contributed by atoms with Gasteiger partial charge in [-0.1, -0.05) is 47.5 Å². The quantitative estimate of drug-likeness (QED) is 0.281. The summed E-state index contributed by atoms with van der Waals surface area (Å²) in [7, 11) is 1.75. The third-order valence-corrected chi connectivity index (χ3v) is 8.43. The van der Waals surface area contributed by atoms with Gasteiger partial charge >= 0.3 is 5.97 Å². The lowest BCUT2D eigenvalue weighted by Crippen LogP contribution is -2.61. The predicted octanol–water partition coefficient (Wildman–Crippen LogP) is 5.20. The molecule has 1 amide bonds. The van der Waals surface area contributed by atoms with Crippen LogP contribution in [0.5, 0.6) is 5.75 Å². The monoisotopic (exact) mass is 544 g/mol. The molecule has 2 aromatic rings. The Balaban J connectivity index is 1.61. The first-order valence-corrected chi connectivity index (χ1v) is 13.4. The normalized spacial score (nSPS) is 25.7. The second-order valence-electron chi connectivity index (χ2n) is 10.1. The van der Waals surface area contributed by atoms with Crippen molar-refractivity contribution < 1.29 is 19.1 Å². The van der Waals surface area contributed by atoms with Gasteiger partial charge in [-0.05, 0) is 61.2 Å². The van der Waals surface area contributed by atoms with Crippen LogP contribution < -0.4 is 10.1 Å². The number of ether oxygens (including phenoxy) is 2. The third-order valence-electron chi connectivity index (χ3n) is 7.69. The molecule has 0 aromatic heterocycles. The first kappa shape index (κ1) is 27.6. The number of esters is 1. The van der Waals surface area contributed by atoms with Gasteiger partial charge in [0, 0.05) is 44.5 Å². The number of carbonyl (C=O) groups excluding carboxylic acids is 2. The molecule has 1 saturated carbocycles. The number of rotatable bonds is 8. The molecular weight excluding hydrogens is 511 g/mol. The van der Waals surface area contributed by atoms with Crippen LogP contribution in [0.4, 0.5) is 0 Å². The van der Waals surface area contributed by atoms with E-state index in [1.54, 1.807) is 25.3 Å². The van der Waals surface area contributed by atoms with E-state index in [0.717, 1.165) is 50.0 Å². The van der Waals surface area contributed by atoms with Crippen LogP contribution in [0.15, 0.2) is 55.1 Å². The molecule has 1 saturated heterocycles. The highest BCUT2D eigenvalue weighted by atomic mass is 35.5. The van der Waals surface area contributed by atoms with Crippen molar-refractivity contribution in [2.24, 2.45) is 5.92 Å². The van der Waals surface area contributed by atoms with Crippen LogP contribution in [-0.4, -0.2) is 55.7 Å². The summed E-state index contributed by atoms with van der Waals surface area (Å²) < 4.78 is 11.5. The van der Waals surface area contributed by atoms with Crippen molar-refractivity contribution in [1.29, 1.82) is 0 Å². The maximum Gasteiger partial charge on any atom is 0.308 e. The van der Waals surface area contributed by atoms with Crippen LogP contribution in [0, 0.1) is 5.92 Å². The molecule has 4 atom stereocenters. The number of likely N-dealkylation sites (tertiary alicyclic amines) is 1. The molecule has 1 aliphatic carbocycles. The molecule has 0 spiro atoms. The van der Waals surface area contributed by atoms with Gasteiger partial charge in [-0.3, -0.25) is 14.5 Å². The molecule has 198 valence electrons. The number of carbonyl (C=O) groups is 2. The summed E-state index contributed by atoms with van der Waals surface area (Å²) in [5.74, 6) is 0.329. The van der Waals surface area contributed by atoms with Crippen molar-refractivity contribution in [3.05, 3.63) is 76.3 Å². The van der Waals surface area contributed by atoms with E-state index in [2.05, 4.69) is 22.9 Å². The lowest BCUT2D eigenvalue weighted by Gasteiger charge is -2.55. The average Bonchev–Trinajstić information content (AvgIpc) is 2.86. The molecule has 6 nitrogen and oxygen atoms in total. The molecule has 2 fully saturated rings. The molecule has 1 unspecified atom stereocenters. The van der Waals surface area contributed by atoms with Gasteiger partial charge in [-0.15, -0.1) is 6.58 Å². The van der Waals surface area contributed by atoms with E-state index < -0.39 is 0 Å². The van der Waals surface area contributed by atoms with Gasteiger partial charge in [0.1, 0.15) is 5.75 Å². The average molecular weight is 546 g/mol. The van der Waals surface area contributed by atoms with Crippen molar-refractivity contribution in [2.75, 3.05) is 26.7 Å². The first-order chi connectivity index (χ1) is 17.7. The van der Waals surface area contributed by atoms with Crippen LogP contribution in [0.1, 0.15) is 37.3 Å². The zero-order valence-electron chi connectivity index (χ0n) is 21.3. The number of hydrogen-bond donors (Lipinski definition) is 1. The second-order valence-corrected chi connectivity index (χ2v) is 10.9. The first-order valence-electron chi connectivity index (χ1n) is 12.6. The van der Waals surface area contributed by atoms with Crippen molar-refractivity contribution in [2.45, 2.75) is 50.2 Å². The molecule has 2 aliphatic rings. The minimum absolute atomic E-state index is 0.0472. The van der Waals surface area contributed by atoms with Crippen LogP contribution in [0.25, 0.3) is 0 Å². The minimum atomic E-state index is -0.349. The van der Waals surface area contributed by atoms with Crippen molar-refractivity contribution >= 4 is 35.1 Å². The Hall–Kier alpha value is -2.38. The summed E-state index contributed by atoms with van der Waals surface area (Å²) in [4.78, 5) is 27.1. The number of methoxy groups -OCH3 is 1. The Morgan fingerprint density at radius 3 is 2.73 bits per heavy atom. The van der Waals surface area contributed by atoms with Gasteiger partial charge in [0.05, 0.1) is 22.6 Å². The topological polar surface area (TPSA) is 67.9 Å². The Labute approximate surface area is 228 Å². The lowest BCUT2D eigenvalue weighted by atomic mass is 9.57. The largest absolute Gasteiger partial charge is 0.427 e. The van der Waals surface area contributed by atoms with Crippen LogP contribution in [0.3, 0.4) is 0 Å². The summed E-state index contributed by atoms with van der Waals surface area (Å²) in [6, 6.07) is 13.0. The number of halogens is 2. The molecule has 37 heavy (non-hydrogen) atoms. The maximum absolute atomic E-state index is 13.1. The number of benzene rings is 2. The molecule has 0 radical (unpaired) electrons. The number of nitrogens with zero attached hydrogens (tertiary/aromatic N) is 1. The van der Waals surface area contributed by atoms with Gasteiger partial charge in [0.15, 0.2) is 0 Å². The fraction of sp³-hybridized carbons (Fsp3) is 0.448. The number of hydrogen-bond acceptors (Lipinski definition) is 5. The fourth-order valence-corrected chi connectivity index (χ4v) is 6.45. The highest BCUT2D eigenvalue weighted by Crippen LogP contribution is 2.50. The van der Waals surface area contributed by atoms with E-state index in [-0.39, 0.29) is 41.8 Å². The number of piperidine rings is 1. The Morgan fingerprint density at radius 2 is 2.03 bits per heavy atom. The van der Waals surface area contributed by atoms with Crippen LogP contribution in [0.2, 0.25) is 10.0 Å². The van der Waals surface area contributed by atoms with Gasteiger partial charge in [0.25, 0.3) is 0 Å². The molecule has 8 heteroatoms. The molecule has 2 aromatic carbocycles. The van der Waals surface area contributed by atoms with Gasteiger partial charge in [-0.2, -0.15) is 0 Å². The highest BCUT2D eigenvalue weighted by molar-refractivity contribution is 6.42. The third kappa shape index (κ3) is 6.37. The summed E-state index contributed by atoms with van der Waals surface area (Å²) in [6.07, 6.45) is 4.50. The molecule has 4 rings (SSSR count). The molecule has 1 heterocycles. The maximum atomic E-state index is 13.1. The van der Waals surface area contributed by atoms with E-state index in [1.165, 1.54) is 6.92 Å². The van der Waals surface area contributed by atoms with Crippen molar-refractivity contribution in [3.63, 3.8) is 0 Å². The molecule has 1 N–H and O–H groups in total.